The first-order chi connectivity index (χ1) is 14.0. The molecule has 0 aromatic carbocycles. The van der Waals surface area contributed by atoms with Crippen molar-refractivity contribution >= 4 is 11.9 Å². The number of aliphatic carboxylic acids is 2. The highest BCUT2D eigenvalue weighted by Gasteiger charge is 2.38. The summed E-state index contributed by atoms with van der Waals surface area (Å²) in [6.45, 7) is 4.00. The lowest BCUT2D eigenvalue weighted by Crippen LogP contribution is -2.27. The number of carboxylic acid groups (broad SMARTS) is 2. The van der Waals surface area contributed by atoms with Crippen LogP contribution in [-0.4, -0.2) is 22.2 Å². The maximum absolute atomic E-state index is 11.5. The molecule has 29 heavy (non-hydrogen) atoms. The zero-order chi connectivity index (χ0) is 21.6. The SMILES string of the molecule is CC.O=C(O)C1(CCCC/C=C\CCCCCC2(C(=O)O)CC=CC2)CC=CC1. The highest BCUT2D eigenvalue weighted by molar-refractivity contribution is 5.76. The number of allylic oxidation sites excluding steroid dienone is 6. The predicted molar refractivity (Wildman–Crippen MR) is 119 cm³/mol. The number of rotatable bonds is 13. The molecule has 0 fully saturated rings. The summed E-state index contributed by atoms with van der Waals surface area (Å²) >= 11 is 0. The van der Waals surface area contributed by atoms with Crippen molar-refractivity contribution in [2.24, 2.45) is 10.8 Å². The van der Waals surface area contributed by atoms with Gasteiger partial charge in [0.05, 0.1) is 10.8 Å². The Morgan fingerprint density at radius 2 is 1.03 bits per heavy atom. The lowest BCUT2D eigenvalue weighted by atomic mass is 9.80. The first kappa shape index (κ1) is 25.2. The van der Waals surface area contributed by atoms with Gasteiger partial charge in [-0.2, -0.15) is 0 Å². The number of unbranched alkanes of at least 4 members (excludes halogenated alkanes) is 5. The van der Waals surface area contributed by atoms with E-state index in [-0.39, 0.29) is 0 Å². The second kappa shape index (κ2) is 13.4. The van der Waals surface area contributed by atoms with Gasteiger partial charge in [0.25, 0.3) is 0 Å². The number of hydrogen-bond acceptors (Lipinski definition) is 2. The standard InChI is InChI=1S/C23H34O4.C2H6/c24-20(25)22(16-10-11-17-22)14-8-6-4-2-1-3-5-7-9-15-23(21(26)27)18-12-13-19-23;1-2/h1-2,10-13H,3-9,14-19H2,(H,24,25)(H,26,27);1-2H3/b2-1-;. The van der Waals surface area contributed by atoms with Crippen LogP contribution in [0.3, 0.4) is 0 Å². The average molecular weight is 405 g/mol. The first-order valence-corrected chi connectivity index (χ1v) is 11.4. The fourth-order valence-electron chi connectivity index (χ4n) is 4.24. The normalized spacial score (nSPS) is 18.7. The van der Waals surface area contributed by atoms with Gasteiger partial charge >= 0.3 is 11.9 Å². The van der Waals surface area contributed by atoms with Crippen LogP contribution in [0.1, 0.15) is 97.3 Å². The molecule has 0 amide bonds. The van der Waals surface area contributed by atoms with E-state index in [1.807, 2.05) is 38.2 Å². The van der Waals surface area contributed by atoms with Crippen LogP contribution in [0.15, 0.2) is 36.5 Å². The van der Waals surface area contributed by atoms with Gasteiger partial charge in [-0.15, -0.1) is 0 Å². The number of carbonyl (C=O) groups is 2. The Hall–Kier alpha value is -1.84. The van der Waals surface area contributed by atoms with Crippen molar-refractivity contribution in [3.05, 3.63) is 36.5 Å². The van der Waals surface area contributed by atoms with E-state index in [0.717, 1.165) is 57.8 Å². The molecule has 2 rings (SSSR count). The summed E-state index contributed by atoms with van der Waals surface area (Å²) in [5.74, 6) is -1.30. The number of hydrogen-bond donors (Lipinski definition) is 2. The monoisotopic (exact) mass is 404 g/mol. The summed E-state index contributed by atoms with van der Waals surface area (Å²) in [5, 5.41) is 18.9. The molecule has 0 saturated carbocycles. The minimum Gasteiger partial charge on any atom is -0.481 e. The fourth-order valence-corrected chi connectivity index (χ4v) is 4.24. The van der Waals surface area contributed by atoms with Crippen molar-refractivity contribution in [1.82, 2.24) is 0 Å². The van der Waals surface area contributed by atoms with E-state index in [1.165, 1.54) is 0 Å². The van der Waals surface area contributed by atoms with Crippen LogP contribution in [0.2, 0.25) is 0 Å². The van der Waals surface area contributed by atoms with E-state index in [1.54, 1.807) is 0 Å². The van der Waals surface area contributed by atoms with Crippen molar-refractivity contribution in [3.8, 4) is 0 Å². The van der Waals surface area contributed by atoms with Crippen molar-refractivity contribution in [3.63, 3.8) is 0 Å². The van der Waals surface area contributed by atoms with Crippen LogP contribution in [0.5, 0.6) is 0 Å². The van der Waals surface area contributed by atoms with Crippen molar-refractivity contribution in [2.75, 3.05) is 0 Å². The Morgan fingerprint density at radius 1 is 0.690 bits per heavy atom. The van der Waals surface area contributed by atoms with E-state index < -0.39 is 22.8 Å². The minimum absolute atomic E-state index is 0.530. The molecule has 4 nitrogen and oxygen atoms in total. The largest absolute Gasteiger partial charge is 0.481 e. The topological polar surface area (TPSA) is 74.6 Å². The average Bonchev–Trinajstić information content (AvgIpc) is 3.39. The molecule has 0 radical (unpaired) electrons. The molecule has 0 unspecified atom stereocenters. The van der Waals surface area contributed by atoms with Crippen LogP contribution < -0.4 is 0 Å². The molecule has 164 valence electrons. The Kier molecular flexibility index (Phi) is 11.6. The molecule has 2 aliphatic rings. The Morgan fingerprint density at radius 3 is 1.41 bits per heavy atom. The Balaban J connectivity index is 0.00000204. The Labute approximate surface area is 176 Å². The molecule has 0 aromatic heterocycles. The fraction of sp³-hybridized carbons (Fsp3) is 0.680. The molecule has 2 aliphatic carbocycles. The second-order valence-electron chi connectivity index (χ2n) is 8.25. The van der Waals surface area contributed by atoms with Gasteiger partial charge in [0.15, 0.2) is 0 Å². The van der Waals surface area contributed by atoms with Gasteiger partial charge in [-0.05, 0) is 64.2 Å². The summed E-state index contributed by atoms with van der Waals surface area (Å²) in [5.41, 5.74) is -1.07. The van der Waals surface area contributed by atoms with Gasteiger partial charge in [0.2, 0.25) is 0 Å². The van der Waals surface area contributed by atoms with Gasteiger partial charge in [0.1, 0.15) is 0 Å². The van der Waals surface area contributed by atoms with Gasteiger partial charge < -0.3 is 10.2 Å². The van der Waals surface area contributed by atoms with Crippen molar-refractivity contribution < 1.29 is 19.8 Å². The lowest BCUT2D eigenvalue weighted by molar-refractivity contribution is -0.149. The molecule has 4 heteroatoms. The molecule has 0 spiro atoms. The van der Waals surface area contributed by atoms with E-state index in [4.69, 9.17) is 0 Å². The maximum Gasteiger partial charge on any atom is 0.310 e. The van der Waals surface area contributed by atoms with Crippen molar-refractivity contribution in [1.29, 1.82) is 0 Å². The molecular formula is C25H40O4. The molecule has 0 bridgehead atoms. The molecule has 2 N–H and O–H groups in total. The molecule has 0 aromatic rings. The van der Waals surface area contributed by atoms with Crippen LogP contribution in [0, 0.1) is 10.8 Å². The van der Waals surface area contributed by atoms with Crippen LogP contribution >= 0.6 is 0 Å². The summed E-state index contributed by atoms with van der Waals surface area (Å²) < 4.78 is 0. The molecule has 0 heterocycles. The highest BCUT2D eigenvalue weighted by atomic mass is 16.4. The summed E-state index contributed by atoms with van der Waals surface area (Å²) in [4.78, 5) is 22.9. The smallest absolute Gasteiger partial charge is 0.310 e. The van der Waals surface area contributed by atoms with E-state index in [2.05, 4.69) is 12.2 Å². The van der Waals surface area contributed by atoms with E-state index in [0.29, 0.717) is 25.7 Å². The predicted octanol–water partition coefficient (Wildman–Crippen LogP) is 6.92. The quantitative estimate of drug-likeness (QED) is 0.258. The third-order valence-electron chi connectivity index (χ3n) is 6.24. The van der Waals surface area contributed by atoms with Gasteiger partial charge in [-0.3, -0.25) is 9.59 Å². The zero-order valence-electron chi connectivity index (χ0n) is 18.4. The third-order valence-corrected chi connectivity index (χ3v) is 6.24. The molecule has 0 saturated heterocycles. The summed E-state index contributed by atoms with van der Waals surface area (Å²) in [6, 6.07) is 0. The highest BCUT2D eigenvalue weighted by Crippen LogP contribution is 2.39. The molecule has 0 atom stereocenters. The molecular weight excluding hydrogens is 364 g/mol. The van der Waals surface area contributed by atoms with Crippen molar-refractivity contribution in [2.45, 2.75) is 97.3 Å². The van der Waals surface area contributed by atoms with E-state index in [9.17, 15) is 19.8 Å². The summed E-state index contributed by atoms with van der Waals surface area (Å²) in [6.07, 6.45) is 23.9. The van der Waals surface area contributed by atoms with Crippen LogP contribution in [0.25, 0.3) is 0 Å². The number of carboxylic acids is 2. The van der Waals surface area contributed by atoms with Gasteiger partial charge in [-0.1, -0.05) is 69.6 Å². The molecule has 0 aliphatic heterocycles. The lowest BCUT2D eigenvalue weighted by Gasteiger charge is -2.23. The second-order valence-corrected chi connectivity index (χ2v) is 8.25. The zero-order valence-corrected chi connectivity index (χ0v) is 18.4. The minimum atomic E-state index is -0.652. The first-order valence-electron chi connectivity index (χ1n) is 11.4. The van der Waals surface area contributed by atoms with Crippen LogP contribution in [0.4, 0.5) is 0 Å². The Bertz CT molecular complexity index is 570. The van der Waals surface area contributed by atoms with Gasteiger partial charge in [0, 0.05) is 0 Å². The summed E-state index contributed by atoms with van der Waals surface area (Å²) in [7, 11) is 0. The van der Waals surface area contributed by atoms with Gasteiger partial charge in [-0.25, -0.2) is 0 Å². The third kappa shape index (κ3) is 7.83. The van der Waals surface area contributed by atoms with E-state index >= 15 is 0 Å². The maximum atomic E-state index is 11.5. The van der Waals surface area contributed by atoms with Crippen LogP contribution in [-0.2, 0) is 9.59 Å².